The monoisotopic (exact) mass is 144 g/mol. The number of hydrogen-bond donors (Lipinski definition) is 4. The van der Waals surface area contributed by atoms with Crippen molar-refractivity contribution in [3.8, 4) is 0 Å². The maximum absolute atomic E-state index is 8.85. The fourth-order valence-electron chi connectivity index (χ4n) is 0.523. The largest absolute Gasteiger partial charge is 0.368 e. The highest BCUT2D eigenvalue weighted by atomic mass is 16.5. The average Bonchev–Trinajstić information content (AvgIpc) is 1.82. The number of hydrogen-bond acceptors (Lipinski definition) is 7. The summed E-state index contributed by atoms with van der Waals surface area (Å²) in [5, 5.41) is 9.38. The molecule has 1 atom stereocenters. The van der Waals surface area contributed by atoms with Crippen LogP contribution in [0.4, 0.5) is 0 Å². The number of hydroxylamine groups is 2. The number of aliphatic imine (C=N–C) groups is 2. The summed E-state index contributed by atoms with van der Waals surface area (Å²) in [4.78, 5) is 6.93. The summed E-state index contributed by atoms with van der Waals surface area (Å²) >= 11 is 0. The minimum Gasteiger partial charge on any atom is -0.368 e. The standard InChI is InChI=1S/C3H8N6O/c4-1-7-2(5)9(10)3(6)8-1/h2,10H,5H2,(H4,4,6,7,8). The molecule has 0 radical (unpaired) electrons. The van der Waals surface area contributed by atoms with Crippen LogP contribution in [0.15, 0.2) is 9.98 Å². The molecule has 0 bridgehead atoms. The second kappa shape index (κ2) is 2.12. The Bertz CT molecular complexity index is 197. The first-order chi connectivity index (χ1) is 4.61. The van der Waals surface area contributed by atoms with Crippen molar-refractivity contribution in [3.05, 3.63) is 0 Å². The molecule has 1 aliphatic heterocycles. The van der Waals surface area contributed by atoms with Crippen molar-refractivity contribution < 1.29 is 5.21 Å². The van der Waals surface area contributed by atoms with Crippen molar-refractivity contribution in [2.45, 2.75) is 6.29 Å². The minimum atomic E-state index is -0.947. The normalized spacial score (nSPS) is 25.8. The predicted octanol–water partition coefficient (Wildman–Crippen LogP) is -2.44. The van der Waals surface area contributed by atoms with E-state index in [1.165, 1.54) is 0 Å². The van der Waals surface area contributed by atoms with Crippen LogP contribution in [0.2, 0.25) is 0 Å². The topological polar surface area (TPSA) is 126 Å². The molecule has 7 heteroatoms. The Hall–Kier alpha value is -1.34. The van der Waals surface area contributed by atoms with Gasteiger partial charge >= 0.3 is 0 Å². The van der Waals surface area contributed by atoms with Gasteiger partial charge in [-0.1, -0.05) is 0 Å². The number of nitrogens with zero attached hydrogens (tertiary/aromatic N) is 3. The Labute approximate surface area is 56.8 Å². The van der Waals surface area contributed by atoms with Gasteiger partial charge in [-0.25, -0.2) is 4.99 Å². The zero-order valence-corrected chi connectivity index (χ0v) is 5.10. The molecule has 0 aliphatic carbocycles. The predicted molar refractivity (Wildman–Crippen MR) is 34.8 cm³/mol. The lowest BCUT2D eigenvalue weighted by Gasteiger charge is -2.22. The summed E-state index contributed by atoms with van der Waals surface area (Å²) in [5.74, 6) is -0.185. The SMILES string of the molecule is NC1=NC(N)N(O)C(N)=N1. The van der Waals surface area contributed by atoms with E-state index in [4.69, 9.17) is 22.4 Å². The van der Waals surface area contributed by atoms with Crippen LogP contribution in [0.1, 0.15) is 0 Å². The highest BCUT2D eigenvalue weighted by Crippen LogP contribution is 1.95. The number of rotatable bonds is 0. The van der Waals surface area contributed by atoms with Gasteiger partial charge in [0, 0.05) is 0 Å². The van der Waals surface area contributed by atoms with Gasteiger partial charge in [0.1, 0.15) is 0 Å². The van der Waals surface area contributed by atoms with Crippen molar-refractivity contribution >= 4 is 11.9 Å². The molecule has 7 nitrogen and oxygen atoms in total. The Morgan fingerprint density at radius 1 is 1.50 bits per heavy atom. The van der Waals surface area contributed by atoms with E-state index in [1.54, 1.807) is 0 Å². The lowest BCUT2D eigenvalue weighted by atomic mass is 10.7. The molecule has 0 amide bonds. The molecule has 0 aromatic heterocycles. The smallest absolute Gasteiger partial charge is 0.226 e. The molecule has 0 aromatic rings. The highest BCUT2D eigenvalue weighted by molar-refractivity contribution is 5.94. The quantitative estimate of drug-likeness (QED) is 0.300. The van der Waals surface area contributed by atoms with Crippen LogP contribution >= 0.6 is 0 Å². The van der Waals surface area contributed by atoms with Crippen molar-refractivity contribution in [1.82, 2.24) is 5.06 Å². The zero-order valence-electron chi connectivity index (χ0n) is 5.10. The Morgan fingerprint density at radius 2 is 2.10 bits per heavy atom. The van der Waals surface area contributed by atoms with E-state index in [0.717, 1.165) is 0 Å². The summed E-state index contributed by atoms with van der Waals surface area (Å²) in [5.41, 5.74) is 15.5. The van der Waals surface area contributed by atoms with Crippen LogP contribution in [-0.4, -0.2) is 28.5 Å². The number of nitrogens with two attached hydrogens (primary N) is 3. The molecular weight excluding hydrogens is 136 g/mol. The Balaban J connectivity index is 2.85. The van der Waals surface area contributed by atoms with E-state index in [0.29, 0.717) is 5.06 Å². The van der Waals surface area contributed by atoms with E-state index in [1.807, 2.05) is 0 Å². The fourth-order valence-corrected chi connectivity index (χ4v) is 0.523. The lowest BCUT2D eigenvalue weighted by molar-refractivity contribution is -0.0519. The molecule has 1 aliphatic rings. The van der Waals surface area contributed by atoms with E-state index < -0.39 is 6.29 Å². The van der Waals surface area contributed by atoms with Gasteiger partial charge < -0.3 is 11.5 Å². The molecular formula is C3H8N6O. The van der Waals surface area contributed by atoms with E-state index in [2.05, 4.69) is 9.98 Å². The summed E-state index contributed by atoms with van der Waals surface area (Å²) in [6, 6.07) is 0. The zero-order chi connectivity index (χ0) is 7.72. The van der Waals surface area contributed by atoms with Gasteiger partial charge in [-0.3, -0.25) is 10.9 Å². The Kier molecular flexibility index (Phi) is 1.44. The van der Waals surface area contributed by atoms with Gasteiger partial charge in [0.15, 0.2) is 0 Å². The summed E-state index contributed by atoms with van der Waals surface area (Å²) < 4.78 is 0. The van der Waals surface area contributed by atoms with Crippen LogP contribution in [-0.2, 0) is 0 Å². The van der Waals surface area contributed by atoms with Crippen molar-refractivity contribution in [2.75, 3.05) is 0 Å². The first kappa shape index (κ1) is 6.78. The molecule has 1 heterocycles. The van der Waals surface area contributed by atoms with E-state index in [-0.39, 0.29) is 11.9 Å². The maximum Gasteiger partial charge on any atom is 0.226 e. The molecule has 0 aromatic carbocycles. The fraction of sp³-hybridized carbons (Fsp3) is 0.333. The van der Waals surface area contributed by atoms with Crippen LogP contribution in [0.3, 0.4) is 0 Å². The van der Waals surface area contributed by atoms with Crippen molar-refractivity contribution in [2.24, 2.45) is 27.2 Å². The number of guanidine groups is 2. The molecule has 0 fully saturated rings. The van der Waals surface area contributed by atoms with Gasteiger partial charge in [0.2, 0.25) is 18.2 Å². The third-order valence-electron chi connectivity index (χ3n) is 0.979. The van der Waals surface area contributed by atoms with Crippen LogP contribution in [0, 0.1) is 0 Å². The second-order valence-electron chi connectivity index (χ2n) is 1.72. The molecule has 1 unspecified atom stereocenters. The van der Waals surface area contributed by atoms with E-state index in [9.17, 15) is 0 Å². The lowest BCUT2D eigenvalue weighted by Crippen LogP contribution is -2.50. The van der Waals surface area contributed by atoms with Gasteiger partial charge in [-0.05, 0) is 0 Å². The Morgan fingerprint density at radius 3 is 2.60 bits per heavy atom. The van der Waals surface area contributed by atoms with Gasteiger partial charge in [-0.15, -0.1) is 0 Å². The molecule has 0 saturated carbocycles. The van der Waals surface area contributed by atoms with Gasteiger partial charge in [-0.2, -0.15) is 10.1 Å². The highest BCUT2D eigenvalue weighted by Gasteiger charge is 2.17. The minimum absolute atomic E-state index is 0.0321. The molecule has 0 saturated heterocycles. The summed E-state index contributed by atoms with van der Waals surface area (Å²) in [7, 11) is 0. The summed E-state index contributed by atoms with van der Waals surface area (Å²) in [6.45, 7) is 0. The molecule has 56 valence electrons. The van der Waals surface area contributed by atoms with Crippen LogP contribution < -0.4 is 17.2 Å². The van der Waals surface area contributed by atoms with Crippen LogP contribution in [0.5, 0.6) is 0 Å². The first-order valence-electron chi connectivity index (χ1n) is 2.52. The third-order valence-corrected chi connectivity index (χ3v) is 0.979. The van der Waals surface area contributed by atoms with E-state index >= 15 is 0 Å². The van der Waals surface area contributed by atoms with Crippen LogP contribution in [0.25, 0.3) is 0 Å². The molecule has 0 spiro atoms. The average molecular weight is 144 g/mol. The molecule has 7 N–H and O–H groups in total. The molecule has 1 rings (SSSR count). The first-order valence-corrected chi connectivity index (χ1v) is 2.52. The van der Waals surface area contributed by atoms with Gasteiger partial charge in [0.25, 0.3) is 0 Å². The third kappa shape index (κ3) is 0.993. The molecule has 10 heavy (non-hydrogen) atoms. The van der Waals surface area contributed by atoms with Gasteiger partial charge in [0.05, 0.1) is 0 Å². The van der Waals surface area contributed by atoms with Crippen molar-refractivity contribution in [3.63, 3.8) is 0 Å². The van der Waals surface area contributed by atoms with Crippen molar-refractivity contribution in [1.29, 1.82) is 0 Å². The second-order valence-corrected chi connectivity index (χ2v) is 1.72. The summed E-state index contributed by atoms with van der Waals surface area (Å²) in [6.07, 6.45) is -0.947. The maximum atomic E-state index is 8.85.